The molecule has 3 saturated carbocycles. The molecule has 0 aromatic carbocycles. The standard InChI is InChI=1S/C49H86O2/c1-8-10-11-12-13-14-15-16-17-18-19-20-21-22-23-24-25-26-47(50)51-42-33-35-48(6)41(37-42)29-30-43-45-32-31-44(49(45,7)36-34-46(43)48)39(5)27-28-40(9-2)38(3)4/h16-17,29,38-40,42-46H,8-15,18-28,30-37H2,1-7H3/b17-16-/t39-,40-,42+,43+,44-,45+,46+,48+,49-/m1/s1. The highest BCUT2D eigenvalue weighted by molar-refractivity contribution is 5.69. The van der Waals surface area contributed by atoms with Gasteiger partial charge in [0, 0.05) is 12.8 Å². The molecule has 0 spiro atoms. The minimum absolute atomic E-state index is 0.0591. The van der Waals surface area contributed by atoms with E-state index < -0.39 is 0 Å². The minimum atomic E-state index is 0.0591. The maximum Gasteiger partial charge on any atom is 0.306 e. The van der Waals surface area contributed by atoms with Crippen LogP contribution in [0.4, 0.5) is 0 Å². The fourth-order valence-corrected chi connectivity index (χ4v) is 12.3. The van der Waals surface area contributed by atoms with Crippen LogP contribution in [0.5, 0.6) is 0 Å². The number of hydrogen-bond acceptors (Lipinski definition) is 2. The van der Waals surface area contributed by atoms with Crippen LogP contribution in [0.3, 0.4) is 0 Å². The molecule has 0 unspecified atom stereocenters. The highest BCUT2D eigenvalue weighted by Crippen LogP contribution is 2.67. The van der Waals surface area contributed by atoms with Gasteiger partial charge in [-0.25, -0.2) is 0 Å². The normalized spacial score (nSPS) is 31.6. The molecule has 51 heavy (non-hydrogen) atoms. The molecule has 0 heterocycles. The van der Waals surface area contributed by atoms with Crippen molar-refractivity contribution in [2.75, 3.05) is 0 Å². The highest BCUT2D eigenvalue weighted by Gasteiger charge is 2.59. The summed E-state index contributed by atoms with van der Waals surface area (Å²) in [5, 5.41) is 0. The molecule has 2 heteroatoms. The average molecular weight is 707 g/mol. The molecule has 9 atom stereocenters. The van der Waals surface area contributed by atoms with Gasteiger partial charge in [-0.15, -0.1) is 0 Å². The fourth-order valence-electron chi connectivity index (χ4n) is 12.3. The lowest BCUT2D eigenvalue weighted by atomic mass is 9.47. The fraction of sp³-hybridized carbons (Fsp3) is 0.898. The van der Waals surface area contributed by atoms with Crippen molar-refractivity contribution >= 4 is 5.97 Å². The average Bonchev–Trinajstić information content (AvgIpc) is 3.47. The lowest BCUT2D eigenvalue weighted by Crippen LogP contribution is -2.51. The Morgan fingerprint density at radius 3 is 2.08 bits per heavy atom. The van der Waals surface area contributed by atoms with Crippen LogP contribution >= 0.6 is 0 Å². The molecule has 0 N–H and O–H groups in total. The van der Waals surface area contributed by atoms with E-state index in [1.807, 2.05) is 0 Å². The number of rotatable bonds is 24. The molecule has 0 aromatic heterocycles. The SMILES string of the molecule is CCCCCCCC/C=C\CCCCCCCCCC(=O)O[C@H]1CC[C@@]2(C)C(=CC[C@H]3[C@@H]4CC[C@H]([C@H](C)CC[C@@H](CC)C(C)C)[C@@]4(C)CC[C@@H]32)C1. The summed E-state index contributed by atoms with van der Waals surface area (Å²) in [6.07, 6.45) is 42.3. The van der Waals surface area contributed by atoms with Crippen molar-refractivity contribution in [2.45, 2.75) is 228 Å². The van der Waals surface area contributed by atoms with Crippen LogP contribution in [-0.4, -0.2) is 12.1 Å². The second kappa shape index (κ2) is 21.7. The van der Waals surface area contributed by atoms with E-state index in [9.17, 15) is 4.79 Å². The lowest BCUT2D eigenvalue weighted by Gasteiger charge is -2.58. The summed E-state index contributed by atoms with van der Waals surface area (Å²) in [6.45, 7) is 17.5. The number of carbonyl (C=O) groups excluding carboxylic acids is 1. The third-order valence-electron chi connectivity index (χ3n) is 15.7. The zero-order valence-electron chi connectivity index (χ0n) is 35.3. The van der Waals surface area contributed by atoms with E-state index in [1.165, 1.54) is 148 Å². The predicted octanol–water partition coefficient (Wildman–Crippen LogP) is 15.4. The van der Waals surface area contributed by atoms with Gasteiger partial charge in [-0.3, -0.25) is 4.79 Å². The largest absolute Gasteiger partial charge is 0.462 e. The Morgan fingerprint density at radius 2 is 1.43 bits per heavy atom. The van der Waals surface area contributed by atoms with E-state index in [0.717, 1.165) is 60.7 Å². The van der Waals surface area contributed by atoms with E-state index in [0.29, 0.717) is 17.3 Å². The van der Waals surface area contributed by atoms with Crippen molar-refractivity contribution in [1.82, 2.24) is 0 Å². The monoisotopic (exact) mass is 707 g/mol. The first-order chi connectivity index (χ1) is 24.6. The number of unbranched alkanes of at least 4 members (excludes halogenated alkanes) is 13. The molecule has 4 aliphatic carbocycles. The molecule has 4 rings (SSSR count). The molecular weight excluding hydrogens is 621 g/mol. The van der Waals surface area contributed by atoms with Crippen molar-refractivity contribution in [3.63, 3.8) is 0 Å². The van der Waals surface area contributed by atoms with Crippen molar-refractivity contribution in [3.05, 3.63) is 23.8 Å². The second-order valence-electron chi connectivity index (χ2n) is 19.4. The van der Waals surface area contributed by atoms with Gasteiger partial charge >= 0.3 is 5.97 Å². The zero-order chi connectivity index (χ0) is 36.7. The Kier molecular flexibility index (Phi) is 18.2. The van der Waals surface area contributed by atoms with Crippen molar-refractivity contribution < 1.29 is 9.53 Å². The lowest BCUT2D eigenvalue weighted by molar-refractivity contribution is -0.151. The number of hydrogen-bond donors (Lipinski definition) is 0. The Balaban J connectivity index is 1.10. The van der Waals surface area contributed by atoms with Crippen molar-refractivity contribution in [1.29, 1.82) is 0 Å². The van der Waals surface area contributed by atoms with Gasteiger partial charge in [0.05, 0.1) is 0 Å². The molecule has 0 aromatic rings. The topological polar surface area (TPSA) is 26.3 Å². The number of carbonyl (C=O) groups is 1. The van der Waals surface area contributed by atoms with Gasteiger partial charge in [0.2, 0.25) is 0 Å². The van der Waals surface area contributed by atoms with Crippen molar-refractivity contribution in [3.8, 4) is 0 Å². The van der Waals surface area contributed by atoms with E-state index in [2.05, 4.69) is 66.7 Å². The van der Waals surface area contributed by atoms with Crippen LogP contribution in [0, 0.1) is 52.3 Å². The number of ether oxygens (including phenoxy) is 1. The highest BCUT2D eigenvalue weighted by atomic mass is 16.5. The number of esters is 1. The zero-order valence-corrected chi connectivity index (χ0v) is 35.3. The maximum atomic E-state index is 12.9. The van der Waals surface area contributed by atoms with E-state index in [-0.39, 0.29) is 12.1 Å². The Labute approximate surface area is 318 Å². The summed E-state index contributed by atoms with van der Waals surface area (Å²) in [4.78, 5) is 12.9. The van der Waals surface area contributed by atoms with Gasteiger partial charge in [-0.05, 0) is 136 Å². The van der Waals surface area contributed by atoms with E-state index in [4.69, 9.17) is 4.74 Å². The van der Waals surface area contributed by atoms with Gasteiger partial charge in [0.1, 0.15) is 6.10 Å². The molecule has 0 bridgehead atoms. The van der Waals surface area contributed by atoms with Crippen LogP contribution in [-0.2, 0) is 9.53 Å². The third-order valence-corrected chi connectivity index (χ3v) is 15.7. The van der Waals surface area contributed by atoms with Crippen LogP contribution in [0.25, 0.3) is 0 Å². The van der Waals surface area contributed by atoms with Gasteiger partial charge in [0.15, 0.2) is 0 Å². The number of allylic oxidation sites excluding steroid dienone is 3. The van der Waals surface area contributed by atoms with Crippen LogP contribution < -0.4 is 0 Å². The molecular formula is C49H86O2. The molecule has 4 aliphatic rings. The smallest absolute Gasteiger partial charge is 0.306 e. The van der Waals surface area contributed by atoms with Crippen molar-refractivity contribution in [2.24, 2.45) is 52.3 Å². The van der Waals surface area contributed by atoms with Gasteiger partial charge < -0.3 is 4.74 Å². The summed E-state index contributed by atoms with van der Waals surface area (Å²) in [7, 11) is 0. The summed E-state index contributed by atoms with van der Waals surface area (Å²) in [6, 6.07) is 0. The Bertz CT molecular complexity index is 1050. The first-order valence-corrected chi connectivity index (χ1v) is 23.2. The Morgan fingerprint density at radius 1 is 0.784 bits per heavy atom. The molecule has 0 aliphatic heterocycles. The van der Waals surface area contributed by atoms with Gasteiger partial charge in [-0.1, -0.05) is 149 Å². The first-order valence-electron chi connectivity index (χ1n) is 23.2. The molecule has 2 nitrogen and oxygen atoms in total. The van der Waals surface area contributed by atoms with E-state index >= 15 is 0 Å². The quantitative estimate of drug-likeness (QED) is 0.0567. The molecule has 3 fully saturated rings. The molecule has 294 valence electrons. The summed E-state index contributed by atoms with van der Waals surface area (Å²) in [5.74, 6) is 6.15. The van der Waals surface area contributed by atoms with Gasteiger partial charge in [-0.2, -0.15) is 0 Å². The second-order valence-corrected chi connectivity index (χ2v) is 19.4. The summed E-state index contributed by atoms with van der Waals surface area (Å²) in [5.41, 5.74) is 2.51. The van der Waals surface area contributed by atoms with E-state index in [1.54, 1.807) is 5.57 Å². The predicted molar refractivity (Wildman–Crippen MR) is 221 cm³/mol. The molecule has 0 saturated heterocycles. The maximum absolute atomic E-state index is 12.9. The Hall–Kier alpha value is -1.05. The van der Waals surface area contributed by atoms with Crippen LogP contribution in [0.15, 0.2) is 23.8 Å². The van der Waals surface area contributed by atoms with Gasteiger partial charge in [0.25, 0.3) is 0 Å². The first kappa shape index (κ1) is 42.7. The third kappa shape index (κ3) is 12.0. The summed E-state index contributed by atoms with van der Waals surface area (Å²) >= 11 is 0. The number of fused-ring (bicyclic) bond motifs is 5. The molecule has 0 radical (unpaired) electrons. The summed E-state index contributed by atoms with van der Waals surface area (Å²) < 4.78 is 6.15. The molecule has 0 amide bonds. The minimum Gasteiger partial charge on any atom is -0.462 e. The van der Waals surface area contributed by atoms with Crippen LogP contribution in [0.2, 0.25) is 0 Å². The van der Waals surface area contributed by atoms with Crippen LogP contribution in [0.1, 0.15) is 222 Å².